The molecule has 1 atom stereocenters. The Kier molecular flexibility index (Phi) is 6.64. The van der Waals surface area contributed by atoms with Gasteiger partial charge in [-0.3, -0.25) is 9.79 Å². The number of aliphatic imine (C=N–C) groups is 1. The van der Waals surface area contributed by atoms with E-state index in [1.54, 1.807) is 7.05 Å². The minimum atomic E-state index is -0.254. The average molecular weight is 361 g/mol. The van der Waals surface area contributed by atoms with Crippen molar-refractivity contribution in [3.63, 3.8) is 0 Å². The molecule has 144 valence electrons. The minimum absolute atomic E-state index is 0.0619. The Morgan fingerprint density at radius 3 is 2.69 bits per heavy atom. The predicted octanol–water partition coefficient (Wildman–Crippen LogP) is 2.45. The number of nitrogens with zero attached hydrogens (tertiary/aromatic N) is 1. The van der Waals surface area contributed by atoms with Crippen LogP contribution in [-0.2, 0) is 11.3 Å². The van der Waals surface area contributed by atoms with Crippen molar-refractivity contribution in [1.29, 1.82) is 0 Å². The molecule has 1 aliphatic heterocycles. The van der Waals surface area contributed by atoms with Gasteiger partial charge in [0.25, 0.3) is 5.91 Å². The number of ether oxygens (including phenoxy) is 1. The summed E-state index contributed by atoms with van der Waals surface area (Å²) in [7, 11) is 1.75. The Bertz CT molecular complexity index is 643. The number of guanidine groups is 1. The van der Waals surface area contributed by atoms with Crippen LogP contribution in [0.1, 0.15) is 56.5 Å². The number of hydrogen-bond acceptors (Lipinski definition) is 3. The van der Waals surface area contributed by atoms with Crippen molar-refractivity contribution in [2.45, 2.75) is 58.2 Å². The van der Waals surface area contributed by atoms with Crippen LogP contribution in [0.15, 0.2) is 29.3 Å². The molecule has 1 saturated heterocycles. The highest BCUT2D eigenvalue weighted by molar-refractivity contribution is 5.94. The van der Waals surface area contributed by atoms with E-state index in [2.05, 4.69) is 27.9 Å². The SMILES string of the molecule is CN=C(NCc1cccc(C(=O)NC(C)(C)C)c1)NCC1(C)CCCO1. The van der Waals surface area contributed by atoms with Crippen LogP contribution in [-0.4, -0.2) is 43.2 Å². The van der Waals surface area contributed by atoms with Gasteiger partial charge in [0, 0.05) is 37.8 Å². The van der Waals surface area contributed by atoms with Crippen molar-refractivity contribution in [3.8, 4) is 0 Å². The average Bonchev–Trinajstić information content (AvgIpc) is 3.01. The summed E-state index contributed by atoms with van der Waals surface area (Å²) < 4.78 is 5.79. The van der Waals surface area contributed by atoms with Crippen LogP contribution < -0.4 is 16.0 Å². The van der Waals surface area contributed by atoms with Gasteiger partial charge in [0.1, 0.15) is 0 Å². The quantitative estimate of drug-likeness (QED) is 0.557. The zero-order valence-corrected chi connectivity index (χ0v) is 16.6. The third-order valence-electron chi connectivity index (χ3n) is 4.29. The van der Waals surface area contributed by atoms with Crippen LogP contribution >= 0.6 is 0 Å². The third-order valence-corrected chi connectivity index (χ3v) is 4.29. The van der Waals surface area contributed by atoms with E-state index in [9.17, 15) is 4.79 Å². The van der Waals surface area contributed by atoms with Gasteiger partial charge in [0.05, 0.1) is 5.60 Å². The highest BCUT2D eigenvalue weighted by atomic mass is 16.5. The number of hydrogen-bond donors (Lipinski definition) is 3. The topological polar surface area (TPSA) is 74.8 Å². The van der Waals surface area contributed by atoms with E-state index in [0.717, 1.165) is 37.5 Å². The van der Waals surface area contributed by atoms with Crippen LogP contribution in [0.2, 0.25) is 0 Å². The van der Waals surface area contributed by atoms with Gasteiger partial charge in [0.2, 0.25) is 0 Å². The molecular formula is C20H32N4O2. The Morgan fingerprint density at radius 1 is 1.31 bits per heavy atom. The van der Waals surface area contributed by atoms with E-state index < -0.39 is 0 Å². The van der Waals surface area contributed by atoms with E-state index in [4.69, 9.17) is 4.74 Å². The molecule has 1 heterocycles. The van der Waals surface area contributed by atoms with E-state index in [-0.39, 0.29) is 17.0 Å². The molecule has 2 rings (SSSR count). The lowest BCUT2D eigenvalue weighted by atomic mass is 10.0. The zero-order chi connectivity index (χ0) is 19.2. The summed E-state index contributed by atoms with van der Waals surface area (Å²) in [4.78, 5) is 16.6. The predicted molar refractivity (Wildman–Crippen MR) is 105 cm³/mol. The highest BCUT2D eigenvalue weighted by Crippen LogP contribution is 2.23. The number of amides is 1. The fraction of sp³-hybridized carbons (Fsp3) is 0.600. The Labute approximate surface area is 156 Å². The maximum atomic E-state index is 12.3. The summed E-state index contributed by atoms with van der Waals surface area (Å²) in [5, 5.41) is 9.60. The largest absolute Gasteiger partial charge is 0.373 e. The molecule has 6 heteroatoms. The molecule has 1 unspecified atom stereocenters. The Hall–Kier alpha value is -2.08. The first kappa shape index (κ1) is 20.2. The summed E-state index contributed by atoms with van der Waals surface area (Å²) in [6, 6.07) is 7.63. The second-order valence-electron chi connectivity index (χ2n) is 8.09. The molecule has 0 spiro atoms. The van der Waals surface area contributed by atoms with Crippen molar-refractivity contribution in [2.24, 2.45) is 4.99 Å². The molecule has 1 aromatic rings. The minimum Gasteiger partial charge on any atom is -0.373 e. The first-order valence-corrected chi connectivity index (χ1v) is 9.21. The van der Waals surface area contributed by atoms with Gasteiger partial charge in [-0.1, -0.05) is 12.1 Å². The lowest BCUT2D eigenvalue weighted by molar-refractivity contribution is 0.0243. The summed E-state index contributed by atoms with van der Waals surface area (Å²) >= 11 is 0. The summed E-state index contributed by atoms with van der Waals surface area (Å²) in [6.07, 6.45) is 2.16. The van der Waals surface area contributed by atoms with Gasteiger partial charge >= 0.3 is 0 Å². The summed E-state index contributed by atoms with van der Waals surface area (Å²) in [5.41, 5.74) is 1.31. The highest BCUT2D eigenvalue weighted by Gasteiger charge is 2.29. The smallest absolute Gasteiger partial charge is 0.251 e. The maximum absolute atomic E-state index is 12.3. The second kappa shape index (κ2) is 8.54. The first-order valence-electron chi connectivity index (χ1n) is 9.21. The Morgan fingerprint density at radius 2 is 2.08 bits per heavy atom. The summed E-state index contributed by atoms with van der Waals surface area (Å²) in [6.45, 7) is 10.2. The van der Waals surface area contributed by atoms with Crippen LogP contribution in [0.4, 0.5) is 0 Å². The van der Waals surface area contributed by atoms with Crippen LogP contribution in [0, 0.1) is 0 Å². The van der Waals surface area contributed by atoms with Gasteiger partial charge < -0.3 is 20.7 Å². The van der Waals surface area contributed by atoms with Crippen molar-refractivity contribution in [3.05, 3.63) is 35.4 Å². The molecule has 0 bridgehead atoms. The molecule has 1 aromatic carbocycles. The van der Waals surface area contributed by atoms with Crippen molar-refractivity contribution in [1.82, 2.24) is 16.0 Å². The molecular weight excluding hydrogens is 328 g/mol. The van der Waals surface area contributed by atoms with Crippen molar-refractivity contribution < 1.29 is 9.53 Å². The molecule has 0 aliphatic carbocycles. The van der Waals surface area contributed by atoms with E-state index in [1.807, 2.05) is 45.0 Å². The first-order chi connectivity index (χ1) is 12.2. The van der Waals surface area contributed by atoms with Crippen molar-refractivity contribution >= 4 is 11.9 Å². The van der Waals surface area contributed by atoms with E-state index in [1.165, 1.54) is 0 Å². The maximum Gasteiger partial charge on any atom is 0.251 e. The molecule has 6 nitrogen and oxygen atoms in total. The fourth-order valence-corrected chi connectivity index (χ4v) is 2.89. The Balaban J connectivity index is 1.89. The van der Waals surface area contributed by atoms with Gasteiger partial charge in [-0.15, -0.1) is 0 Å². The number of carbonyl (C=O) groups is 1. The van der Waals surface area contributed by atoms with Crippen LogP contribution in [0.25, 0.3) is 0 Å². The van der Waals surface area contributed by atoms with Gasteiger partial charge in [-0.25, -0.2) is 0 Å². The molecule has 0 aromatic heterocycles. The number of nitrogens with one attached hydrogen (secondary N) is 3. The number of carbonyl (C=O) groups excluding carboxylic acids is 1. The standard InChI is InChI=1S/C20H32N4O2/c1-19(2,3)24-17(25)16-9-6-8-15(12-16)13-22-18(21-5)23-14-20(4)10-7-11-26-20/h6,8-9,12H,7,10-11,13-14H2,1-5H3,(H,24,25)(H2,21,22,23). The summed E-state index contributed by atoms with van der Waals surface area (Å²) in [5.74, 6) is 0.666. The molecule has 1 aliphatic rings. The molecule has 26 heavy (non-hydrogen) atoms. The monoisotopic (exact) mass is 360 g/mol. The van der Waals surface area contributed by atoms with Crippen LogP contribution in [0.5, 0.6) is 0 Å². The van der Waals surface area contributed by atoms with E-state index >= 15 is 0 Å². The number of rotatable bonds is 5. The molecule has 1 amide bonds. The van der Waals surface area contributed by atoms with Gasteiger partial charge in [-0.2, -0.15) is 0 Å². The second-order valence-corrected chi connectivity index (χ2v) is 8.09. The zero-order valence-electron chi connectivity index (χ0n) is 16.6. The van der Waals surface area contributed by atoms with Crippen molar-refractivity contribution in [2.75, 3.05) is 20.2 Å². The van der Waals surface area contributed by atoms with Crippen LogP contribution in [0.3, 0.4) is 0 Å². The number of benzene rings is 1. The normalized spacial score (nSPS) is 20.7. The molecule has 1 fully saturated rings. The fourth-order valence-electron chi connectivity index (χ4n) is 2.89. The molecule has 3 N–H and O–H groups in total. The van der Waals surface area contributed by atoms with Gasteiger partial charge in [-0.05, 0) is 58.2 Å². The van der Waals surface area contributed by atoms with E-state index in [0.29, 0.717) is 12.1 Å². The molecule has 0 radical (unpaired) electrons. The molecule has 0 saturated carbocycles. The van der Waals surface area contributed by atoms with Gasteiger partial charge in [0.15, 0.2) is 5.96 Å². The third kappa shape index (κ3) is 6.33. The lowest BCUT2D eigenvalue weighted by Crippen LogP contribution is -2.45. The lowest BCUT2D eigenvalue weighted by Gasteiger charge is -2.24.